The van der Waals surface area contributed by atoms with Crippen LogP contribution in [0.15, 0.2) is 16.8 Å². The van der Waals surface area contributed by atoms with Crippen LogP contribution in [0.25, 0.3) is 0 Å². The molecule has 1 aromatic rings. The zero-order valence-electron chi connectivity index (χ0n) is 11.8. The number of nitrogens with zero attached hydrogens (tertiary/aromatic N) is 1. The second-order valence-corrected chi connectivity index (χ2v) is 6.23. The minimum absolute atomic E-state index is 0.0793. The van der Waals surface area contributed by atoms with Crippen molar-refractivity contribution < 1.29 is 14.3 Å². The number of carbonyl (C=O) groups excluding carboxylic acids is 2. The van der Waals surface area contributed by atoms with Crippen LogP contribution in [0.5, 0.6) is 0 Å². The Morgan fingerprint density at radius 3 is 2.90 bits per heavy atom. The molecule has 6 nitrogen and oxygen atoms in total. The summed E-state index contributed by atoms with van der Waals surface area (Å²) in [6.45, 7) is 2.90. The zero-order valence-corrected chi connectivity index (χ0v) is 12.6. The highest BCUT2D eigenvalue weighted by atomic mass is 32.1. The average molecular weight is 309 g/mol. The number of thiophene rings is 1. The van der Waals surface area contributed by atoms with E-state index in [0.717, 1.165) is 12.8 Å². The third-order valence-corrected chi connectivity index (χ3v) is 4.95. The highest BCUT2D eigenvalue weighted by molar-refractivity contribution is 7.08. The van der Waals surface area contributed by atoms with E-state index in [2.05, 4.69) is 27.5 Å². The molecule has 2 saturated heterocycles. The van der Waals surface area contributed by atoms with Crippen molar-refractivity contribution in [3.05, 3.63) is 22.4 Å². The van der Waals surface area contributed by atoms with Crippen molar-refractivity contribution in [2.45, 2.75) is 18.3 Å². The van der Waals surface area contributed by atoms with Gasteiger partial charge in [-0.1, -0.05) is 0 Å². The molecule has 0 atom stereocenters. The molecule has 2 fully saturated rings. The van der Waals surface area contributed by atoms with E-state index in [1.807, 2.05) is 0 Å². The van der Waals surface area contributed by atoms with Crippen LogP contribution >= 0.6 is 11.3 Å². The largest absolute Gasteiger partial charge is 0.381 e. The van der Waals surface area contributed by atoms with Crippen LogP contribution in [0, 0.1) is 0 Å². The Morgan fingerprint density at radius 1 is 1.48 bits per heavy atom. The Labute approximate surface area is 127 Å². The van der Waals surface area contributed by atoms with E-state index in [-0.39, 0.29) is 17.5 Å². The molecule has 7 heteroatoms. The summed E-state index contributed by atoms with van der Waals surface area (Å²) in [6, 6.07) is 1.49. The van der Waals surface area contributed by atoms with Gasteiger partial charge in [-0.2, -0.15) is 11.3 Å². The van der Waals surface area contributed by atoms with E-state index in [9.17, 15) is 9.59 Å². The number of urea groups is 2. The molecular formula is C14H19N3O3S. The van der Waals surface area contributed by atoms with Gasteiger partial charge in [-0.3, -0.25) is 0 Å². The summed E-state index contributed by atoms with van der Waals surface area (Å²) in [5.41, 5.74) is 1.17. The predicted molar refractivity (Wildman–Crippen MR) is 79.6 cm³/mol. The summed E-state index contributed by atoms with van der Waals surface area (Å²) in [5, 5.41) is 9.76. The lowest BCUT2D eigenvalue weighted by atomic mass is 9.75. The summed E-state index contributed by atoms with van der Waals surface area (Å²) < 4.78 is 5.46. The third kappa shape index (κ3) is 2.89. The first-order valence-corrected chi connectivity index (χ1v) is 8.09. The fraction of sp³-hybridized carbons (Fsp3) is 0.571. The number of imide groups is 1. The molecule has 2 aliphatic heterocycles. The quantitative estimate of drug-likeness (QED) is 0.889. The van der Waals surface area contributed by atoms with Gasteiger partial charge < -0.3 is 15.4 Å². The van der Waals surface area contributed by atoms with E-state index in [1.54, 1.807) is 11.3 Å². The smallest absolute Gasteiger partial charge is 0.325 e. The Bertz CT molecular complexity index is 512. The van der Waals surface area contributed by atoms with Crippen molar-refractivity contribution in [1.29, 1.82) is 0 Å². The molecule has 0 spiro atoms. The first kappa shape index (κ1) is 14.3. The molecule has 1 aromatic heterocycles. The molecule has 21 heavy (non-hydrogen) atoms. The van der Waals surface area contributed by atoms with E-state index in [1.165, 1.54) is 10.5 Å². The molecule has 0 aliphatic carbocycles. The Kier molecular flexibility index (Phi) is 4.12. The van der Waals surface area contributed by atoms with Crippen LogP contribution < -0.4 is 10.6 Å². The minimum Gasteiger partial charge on any atom is -0.381 e. The lowest BCUT2D eigenvalue weighted by Crippen LogP contribution is -2.49. The Hall–Kier alpha value is -1.60. The van der Waals surface area contributed by atoms with Gasteiger partial charge in [0.05, 0.1) is 0 Å². The van der Waals surface area contributed by atoms with Crippen molar-refractivity contribution in [3.8, 4) is 0 Å². The van der Waals surface area contributed by atoms with Gasteiger partial charge in [0.2, 0.25) is 0 Å². The van der Waals surface area contributed by atoms with Crippen LogP contribution in [-0.2, 0) is 10.2 Å². The molecule has 114 valence electrons. The fourth-order valence-electron chi connectivity index (χ4n) is 2.90. The van der Waals surface area contributed by atoms with Crippen molar-refractivity contribution in [3.63, 3.8) is 0 Å². The molecule has 0 unspecified atom stereocenters. The maximum absolute atomic E-state index is 12.1. The Balaban J connectivity index is 1.68. The van der Waals surface area contributed by atoms with Gasteiger partial charge in [-0.25, -0.2) is 14.5 Å². The van der Waals surface area contributed by atoms with Crippen LogP contribution in [-0.4, -0.2) is 49.8 Å². The number of hydrogen-bond donors (Lipinski definition) is 2. The number of ether oxygens (including phenoxy) is 1. The predicted octanol–water partition coefficient (Wildman–Crippen LogP) is 1.53. The number of nitrogens with one attached hydrogen (secondary N) is 2. The number of amides is 4. The van der Waals surface area contributed by atoms with Gasteiger partial charge in [-0.05, 0) is 35.2 Å². The monoisotopic (exact) mass is 309 g/mol. The third-order valence-electron chi connectivity index (χ3n) is 4.26. The maximum atomic E-state index is 12.1. The SMILES string of the molecule is O=C1NCCN1C(=O)NCC1(c2ccsc2)CCOCC1. The first-order valence-electron chi connectivity index (χ1n) is 7.15. The molecule has 2 aliphatic rings. The van der Waals surface area contributed by atoms with Gasteiger partial charge in [0.1, 0.15) is 0 Å². The zero-order chi connectivity index (χ0) is 14.7. The highest BCUT2D eigenvalue weighted by Gasteiger charge is 2.36. The molecule has 0 bridgehead atoms. The minimum atomic E-state index is -0.316. The van der Waals surface area contributed by atoms with Crippen LogP contribution in [0.3, 0.4) is 0 Å². The highest BCUT2D eigenvalue weighted by Crippen LogP contribution is 2.35. The fourth-order valence-corrected chi connectivity index (χ4v) is 3.68. The lowest BCUT2D eigenvalue weighted by Gasteiger charge is -2.37. The molecule has 3 rings (SSSR count). The summed E-state index contributed by atoms with van der Waals surface area (Å²) in [5.74, 6) is 0. The molecule has 2 N–H and O–H groups in total. The average Bonchev–Trinajstić information content (AvgIpc) is 3.17. The summed E-state index contributed by atoms with van der Waals surface area (Å²) in [6.07, 6.45) is 1.77. The lowest BCUT2D eigenvalue weighted by molar-refractivity contribution is 0.0505. The van der Waals surface area contributed by atoms with Crippen LogP contribution in [0.4, 0.5) is 9.59 Å². The number of carbonyl (C=O) groups is 2. The normalized spacial score (nSPS) is 21.1. The van der Waals surface area contributed by atoms with Crippen LogP contribution in [0.2, 0.25) is 0 Å². The summed E-state index contributed by atoms with van der Waals surface area (Å²) in [7, 11) is 0. The van der Waals surface area contributed by atoms with Crippen LogP contribution in [0.1, 0.15) is 18.4 Å². The molecular weight excluding hydrogens is 290 g/mol. The summed E-state index contributed by atoms with van der Waals surface area (Å²) in [4.78, 5) is 24.9. The standard InChI is InChI=1S/C14H19N3O3S/c18-12-15-4-5-17(12)13(19)16-10-14(2-6-20-7-3-14)11-1-8-21-9-11/h1,8-9H,2-7,10H2,(H,15,18)(H,16,19). The topological polar surface area (TPSA) is 70.7 Å². The van der Waals surface area contributed by atoms with Crippen molar-refractivity contribution in [2.24, 2.45) is 0 Å². The van der Waals surface area contributed by atoms with Gasteiger partial charge in [-0.15, -0.1) is 0 Å². The molecule has 0 saturated carbocycles. The second kappa shape index (κ2) is 6.03. The van der Waals surface area contributed by atoms with Crippen molar-refractivity contribution in [1.82, 2.24) is 15.5 Å². The van der Waals surface area contributed by atoms with E-state index in [0.29, 0.717) is 32.8 Å². The molecule has 0 radical (unpaired) electrons. The molecule has 3 heterocycles. The van der Waals surface area contributed by atoms with E-state index in [4.69, 9.17) is 4.74 Å². The van der Waals surface area contributed by atoms with Gasteiger partial charge in [0.25, 0.3) is 0 Å². The van der Waals surface area contributed by atoms with E-state index < -0.39 is 0 Å². The first-order chi connectivity index (χ1) is 10.2. The molecule has 4 amide bonds. The Morgan fingerprint density at radius 2 is 2.29 bits per heavy atom. The maximum Gasteiger partial charge on any atom is 0.325 e. The van der Waals surface area contributed by atoms with Gasteiger partial charge in [0, 0.05) is 38.3 Å². The van der Waals surface area contributed by atoms with Gasteiger partial charge >= 0.3 is 12.1 Å². The van der Waals surface area contributed by atoms with Crippen molar-refractivity contribution >= 4 is 23.4 Å². The number of hydrogen-bond acceptors (Lipinski definition) is 4. The van der Waals surface area contributed by atoms with E-state index >= 15 is 0 Å². The molecule has 0 aromatic carbocycles. The van der Waals surface area contributed by atoms with Crippen molar-refractivity contribution in [2.75, 3.05) is 32.8 Å². The number of rotatable bonds is 3. The second-order valence-electron chi connectivity index (χ2n) is 5.45. The summed E-state index contributed by atoms with van der Waals surface area (Å²) >= 11 is 1.66. The van der Waals surface area contributed by atoms with Gasteiger partial charge in [0.15, 0.2) is 0 Å².